The fourth-order valence-corrected chi connectivity index (χ4v) is 2.08. The van der Waals surface area contributed by atoms with Gasteiger partial charge in [0.25, 0.3) is 5.91 Å². The third-order valence-electron chi connectivity index (χ3n) is 3.59. The number of rotatable bonds is 5. The van der Waals surface area contributed by atoms with Crippen LogP contribution in [-0.4, -0.2) is 24.5 Å². The van der Waals surface area contributed by atoms with Crippen LogP contribution in [0, 0.1) is 13.8 Å². The molecule has 0 aliphatic rings. The quantitative estimate of drug-likeness (QED) is 0.842. The predicted octanol–water partition coefficient (Wildman–Crippen LogP) is 3.34. The van der Waals surface area contributed by atoms with Gasteiger partial charge < -0.3 is 9.64 Å². The molecule has 3 heteroatoms. The van der Waals surface area contributed by atoms with Crippen molar-refractivity contribution in [2.75, 3.05) is 13.7 Å². The van der Waals surface area contributed by atoms with Crippen LogP contribution in [0.2, 0.25) is 0 Å². The molecule has 0 spiro atoms. The van der Waals surface area contributed by atoms with Crippen molar-refractivity contribution in [2.24, 2.45) is 0 Å². The van der Waals surface area contributed by atoms with E-state index in [1.165, 1.54) is 0 Å². The molecule has 110 valence electrons. The van der Waals surface area contributed by atoms with Crippen molar-refractivity contribution < 1.29 is 9.53 Å². The highest BCUT2D eigenvalue weighted by Crippen LogP contribution is 2.20. The molecule has 0 radical (unpaired) electrons. The molecule has 0 saturated heterocycles. The van der Waals surface area contributed by atoms with Gasteiger partial charge >= 0.3 is 0 Å². The Hall–Kier alpha value is -2.29. The second kappa shape index (κ2) is 6.93. The van der Waals surface area contributed by atoms with E-state index in [-0.39, 0.29) is 12.5 Å². The predicted molar refractivity (Wildman–Crippen MR) is 84.3 cm³/mol. The van der Waals surface area contributed by atoms with Crippen molar-refractivity contribution in [3.63, 3.8) is 0 Å². The van der Waals surface area contributed by atoms with Gasteiger partial charge in [0.2, 0.25) is 0 Å². The van der Waals surface area contributed by atoms with Crippen molar-refractivity contribution in [3.05, 3.63) is 65.2 Å². The minimum Gasteiger partial charge on any atom is -0.483 e. The number of ether oxygens (including phenoxy) is 1. The van der Waals surface area contributed by atoms with Crippen molar-refractivity contribution in [2.45, 2.75) is 20.4 Å². The highest BCUT2D eigenvalue weighted by molar-refractivity contribution is 5.77. The Bertz CT molecular complexity index is 608. The summed E-state index contributed by atoms with van der Waals surface area (Å²) in [4.78, 5) is 13.8. The average Bonchev–Trinajstić information content (AvgIpc) is 2.49. The van der Waals surface area contributed by atoms with E-state index in [4.69, 9.17) is 4.74 Å². The summed E-state index contributed by atoms with van der Waals surface area (Å²) in [5.41, 5.74) is 3.36. The van der Waals surface area contributed by atoms with Crippen LogP contribution in [0.5, 0.6) is 5.75 Å². The number of aryl methyl sites for hydroxylation is 1. The Balaban J connectivity index is 1.91. The van der Waals surface area contributed by atoms with E-state index in [0.717, 1.165) is 22.4 Å². The first-order valence-electron chi connectivity index (χ1n) is 7.05. The van der Waals surface area contributed by atoms with Crippen LogP contribution in [0.15, 0.2) is 48.5 Å². The van der Waals surface area contributed by atoms with Gasteiger partial charge in [0.05, 0.1) is 0 Å². The molecule has 3 nitrogen and oxygen atoms in total. The Morgan fingerprint density at radius 2 is 1.76 bits per heavy atom. The average molecular weight is 283 g/mol. The Morgan fingerprint density at radius 1 is 1.05 bits per heavy atom. The summed E-state index contributed by atoms with van der Waals surface area (Å²) in [6.07, 6.45) is 0. The van der Waals surface area contributed by atoms with Gasteiger partial charge in [-0.15, -0.1) is 0 Å². The smallest absolute Gasteiger partial charge is 0.260 e. The first kappa shape index (κ1) is 15.1. The van der Waals surface area contributed by atoms with Crippen molar-refractivity contribution >= 4 is 5.91 Å². The summed E-state index contributed by atoms with van der Waals surface area (Å²) in [5, 5.41) is 0. The molecule has 0 heterocycles. The standard InChI is InChI=1S/C18H21NO2/c1-14-8-7-11-17(15(14)2)21-13-18(20)19(3)12-16-9-5-4-6-10-16/h4-11H,12-13H2,1-3H3. The van der Waals surface area contributed by atoms with Crippen molar-refractivity contribution in [3.8, 4) is 5.75 Å². The fraction of sp³-hybridized carbons (Fsp3) is 0.278. The number of carbonyl (C=O) groups excluding carboxylic acids is 1. The summed E-state index contributed by atoms with van der Waals surface area (Å²) >= 11 is 0. The van der Waals surface area contributed by atoms with Gasteiger partial charge in [0.1, 0.15) is 5.75 Å². The molecule has 0 aliphatic carbocycles. The fourth-order valence-electron chi connectivity index (χ4n) is 2.08. The first-order chi connectivity index (χ1) is 10.1. The van der Waals surface area contributed by atoms with Gasteiger partial charge in [-0.05, 0) is 36.6 Å². The SMILES string of the molecule is Cc1cccc(OCC(=O)N(C)Cc2ccccc2)c1C. The van der Waals surface area contributed by atoms with E-state index in [9.17, 15) is 4.79 Å². The van der Waals surface area contributed by atoms with Crippen LogP contribution >= 0.6 is 0 Å². The number of carbonyl (C=O) groups is 1. The van der Waals surface area contributed by atoms with E-state index < -0.39 is 0 Å². The lowest BCUT2D eigenvalue weighted by Crippen LogP contribution is -2.31. The second-order valence-electron chi connectivity index (χ2n) is 5.22. The lowest BCUT2D eigenvalue weighted by molar-refractivity contribution is -0.132. The van der Waals surface area contributed by atoms with Gasteiger partial charge in [-0.1, -0.05) is 42.5 Å². The van der Waals surface area contributed by atoms with Gasteiger partial charge in [0.15, 0.2) is 6.61 Å². The number of nitrogens with zero attached hydrogens (tertiary/aromatic N) is 1. The van der Waals surface area contributed by atoms with Crippen LogP contribution < -0.4 is 4.74 Å². The summed E-state index contributed by atoms with van der Waals surface area (Å²) < 4.78 is 5.65. The van der Waals surface area contributed by atoms with E-state index in [0.29, 0.717) is 6.54 Å². The molecule has 21 heavy (non-hydrogen) atoms. The highest BCUT2D eigenvalue weighted by atomic mass is 16.5. The van der Waals surface area contributed by atoms with Crippen molar-refractivity contribution in [1.82, 2.24) is 4.90 Å². The van der Waals surface area contributed by atoms with Crippen LogP contribution in [0.3, 0.4) is 0 Å². The maximum atomic E-state index is 12.1. The van der Waals surface area contributed by atoms with E-state index in [1.54, 1.807) is 11.9 Å². The molecule has 2 aromatic carbocycles. The number of likely N-dealkylation sites (N-methyl/N-ethyl adjacent to an activating group) is 1. The minimum absolute atomic E-state index is 0.0280. The zero-order chi connectivity index (χ0) is 15.2. The van der Waals surface area contributed by atoms with Crippen LogP contribution in [0.4, 0.5) is 0 Å². The third kappa shape index (κ3) is 4.09. The zero-order valence-electron chi connectivity index (χ0n) is 12.8. The number of hydrogen-bond donors (Lipinski definition) is 0. The largest absolute Gasteiger partial charge is 0.483 e. The molecule has 0 atom stereocenters. The minimum atomic E-state index is -0.0280. The Morgan fingerprint density at radius 3 is 2.48 bits per heavy atom. The molecule has 0 unspecified atom stereocenters. The lowest BCUT2D eigenvalue weighted by atomic mass is 10.1. The monoisotopic (exact) mass is 283 g/mol. The number of amides is 1. The van der Waals surface area contributed by atoms with Crippen LogP contribution in [-0.2, 0) is 11.3 Å². The topological polar surface area (TPSA) is 29.5 Å². The molecule has 2 rings (SSSR count). The summed E-state index contributed by atoms with van der Waals surface area (Å²) in [5.74, 6) is 0.747. The Labute approximate surface area is 126 Å². The van der Waals surface area contributed by atoms with E-state index in [2.05, 4.69) is 0 Å². The van der Waals surface area contributed by atoms with E-state index in [1.807, 2.05) is 62.4 Å². The third-order valence-corrected chi connectivity index (χ3v) is 3.59. The van der Waals surface area contributed by atoms with Crippen molar-refractivity contribution in [1.29, 1.82) is 0 Å². The first-order valence-corrected chi connectivity index (χ1v) is 7.05. The maximum Gasteiger partial charge on any atom is 0.260 e. The highest BCUT2D eigenvalue weighted by Gasteiger charge is 2.11. The molecule has 0 saturated carbocycles. The van der Waals surface area contributed by atoms with E-state index >= 15 is 0 Å². The normalized spacial score (nSPS) is 10.2. The van der Waals surface area contributed by atoms with Crippen LogP contribution in [0.1, 0.15) is 16.7 Å². The lowest BCUT2D eigenvalue weighted by Gasteiger charge is -2.18. The van der Waals surface area contributed by atoms with Gasteiger partial charge in [-0.3, -0.25) is 4.79 Å². The number of hydrogen-bond acceptors (Lipinski definition) is 2. The van der Waals surface area contributed by atoms with Gasteiger partial charge in [0, 0.05) is 13.6 Å². The molecular weight excluding hydrogens is 262 g/mol. The summed E-state index contributed by atoms with van der Waals surface area (Å²) in [6, 6.07) is 15.8. The zero-order valence-corrected chi connectivity index (χ0v) is 12.8. The molecule has 0 aromatic heterocycles. The second-order valence-corrected chi connectivity index (χ2v) is 5.22. The Kier molecular flexibility index (Phi) is 4.99. The summed E-state index contributed by atoms with van der Waals surface area (Å²) in [6.45, 7) is 4.69. The van der Waals surface area contributed by atoms with Gasteiger partial charge in [-0.2, -0.15) is 0 Å². The molecule has 0 fully saturated rings. The molecule has 0 N–H and O–H groups in total. The van der Waals surface area contributed by atoms with Gasteiger partial charge in [-0.25, -0.2) is 0 Å². The maximum absolute atomic E-state index is 12.1. The number of benzene rings is 2. The molecule has 2 aromatic rings. The summed E-state index contributed by atoms with van der Waals surface area (Å²) in [7, 11) is 1.79. The molecule has 0 aliphatic heterocycles. The van der Waals surface area contributed by atoms with Crippen LogP contribution in [0.25, 0.3) is 0 Å². The molecule has 1 amide bonds. The molecule has 0 bridgehead atoms. The molecular formula is C18H21NO2.